The van der Waals surface area contributed by atoms with Crippen molar-refractivity contribution in [2.75, 3.05) is 31.1 Å². The Morgan fingerprint density at radius 1 is 0.833 bits per heavy atom. The second-order valence-electron chi connectivity index (χ2n) is 7.87. The Morgan fingerprint density at radius 2 is 1.43 bits per heavy atom. The monoisotopic (exact) mass is 418 g/mol. The topological polar surface area (TPSA) is 23.6 Å². The summed E-state index contributed by atoms with van der Waals surface area (Å²) in [6.07, 6.45) is 0.468. The third kappa shape index (κ3) is 4.68. The number of anilines is 1. The summed E-state index contributed by atoms with van der Waals surface area (Å²) in [4.78, 5) is 17.6. The smallest absolute Gasteiger partial charge is 0.223 e. The van der Waals surface area contributed by atoms with Gasteiger partial charge in [0.15, 0.2) is 0 Å². The van der Waals surface area contributed by atoms with Crippen molar-refractivity contribution in [1.82, 2.24) is 4.90 Å². The van der Waals surface area contributed by atoms with Crippen molar-refractivity contribution in [2.24, 2.45) is 0 Å². The maximum absolute atomic E-state index is 13.2. The first kappa shape index (κ1) is 20.5. The van der Waals surface area contributed by atoms with E-state index in [0.29, 0.717) is 11.4 Å². The first-order valence-corrected chi connectivity index (χ1v) is 10.9. The summed E-state index contributed by atoms with van der Waals surface area (Å²) in [7, 11) is 0. The second-order valence-corrected chi connectivity index (χ2v) is 8.31. The molecular formula is C26H27ClN2O. The average molecular weight is 419 g/mol. The van der Waals surface area contributed by atoms with E-state index in [2.05, 4.69) is 48.2 Å². The lowest BCUT2D eigenvalue weighted by Crippen LogP contribution is -2.49. The maximum atomic E-state index is 13.2. The van der Waals surface area contributed by atoms with Crippen LogP contribution >= 0.6 is 11.6 Å². The third-order valence-electron chi connectivity index (χ3n) is 5.94. The lowest BCUT2D eigenvalue weighted by molar-refractivity contribution is -0.131. The second kappa shape index (κ2) is 9.36. The van der Waals surface area contributed by atoms with Gasteiger partial charge in [0.1, 0.15) is 0 Å². The molecule has 0 aliphatic carbocycles. The fourth-order valence-corrected chi connectivity index (χ4v) is 4.35. The Labute approximate surface area is 183 Å². The average Bonchev–Trinajstić information content (AvgIpc) is 2.79. The van der Waals surface area contributed by atoms with Crippen LogP contribution in [-0.4, -0.2) is 37.0 Å². The molecule has 0 radical (unpaired) electrons. The number of benzene rings is 3. The van der Waals surface area contributed by atoms with E-state index in [1.807, 2.05) is 47.4 Å². The van der Waals surface area contributed by atoms with Crippen LogP contribution in [0.15, 0.2) is 78.9 Å². The molecule has 3 aromatic rings. The molecule has 0 aromatic heterocycles. The molecule has 1 aliphatic rings. The predicted molar refractivity (Wildman–Crippen MR) is 124 cm³/mol. The lowest BCUT2D eigenvalue weighted by Gasteiger charge is -2.37. The number of rotatable bonds is 5. The molecule has 3 nitrogen and oxygen atoms in total. The number of carbonyl (C=O) groups is 1. The van der Waals surface area contributed by atoms with Crippen LogP contribution in [0.2, 0.25) is 5.02 Å². The molecular weight excluding hydrogens is 392 g/mol. The van der Waals surface area contributed by atoms with Crippen LogP contribution in [-0.2, 0) is 4.79 Å². The molecule has 0 bridgehead atoms. The zero-order valence-electron chi connectivity index (χ0n) is 17.3. The molecule has 1 unspecified atom stereocenters. The van der Waals surface area contributed by atoms with Gasteiger partial charge < -0.3 is 9.80 Å². The molecule has 1 amide bonds. The van der Waals surface area contributed by atoms with Crippen LogP contribution in [0.5, 0.6) is 0 Å². The molecule has 1 saturated heterocycles. The quantitative estimate of drug-likeness (QED) is 0.544. The van der Waals surface area contributed by atoms with Crippen LogP contribution in [0.3, 0.4) is 0 Å². The zero-order chi connectivity index (χ0) is 20.9. The van der Waals surface area contributed by atoms with Crippen LogP contribution < -0.4 is 4.90 Å². The summed E-state index contributed by atoms with van der Waals surface area (Å²) >= 11 is 6.09. The molecule has 1 fully saturated rings. The number of hydrogen-bond acceptors (Lipinski definition) is 2. The van der Waals surface area contributed by atoms with Crippen molar-refractivity contribution >= 4 is 23.2 Å². The Balaban J connectivity index is 1.46. The Kier molecular flexibility index (Phi) is 6.39. The predicted octanol–water partition coefficient (Wildman–Crippen LogP) is 5.52. The fraction of sp³-hybridized carbons (Fsp3) is 0.269. The number of carbonyl (C=O) groups excluding carboxylic acids is 1. The van der Waals surface area contributed by atoms with Gasteiger partial charge in [0, 0.05) is 49.2 Å². The van der Waals surface area contributed by atoms with Gasteiger partial charge in [0.2, 0.25) is 5.91 Å². The van der Waals surface area contributed by atoms with Crippen molar-refractivity contribution in [3.8, 4) is 0 Å². The van der Waals surface area contributed by atoms with Gasteiger partial charge in [-0.15, -0.1) is 0 Å². The third-order valence-corrected chi connectivity index (χ3v) is 6.19. The summed E-state index contributed by atoms with van der Waals surface area (Å²) in [5.74, 6) is 0.244. The number of amides is 1. The van der Waals surface area contributed by atoms with Gasteiger partial charge in [-0.1, -0.05) is 72.3 Å². The number of nitrogens with zero attached hydrogens (tertiary/aromatic N) is 2. The molecule has 4 heteroatoms. The zero-order valence-corrected chi connectivity index (χ0v) is 18.1. The molecule has 0 saturated carbocycles. The SMILES string of the molecule is Cc1ccccc1N1CCN(C(=O)CC(c2ccccc2)c2ccc(Cl)cc2)CC1. The van der Waals surface area contributed by atoms with E-state index in [1.165, 1.54) is 11.3 Å². The maximum Gasteiger partial charge on any atom is 0.223 e. The minimum Gasteiger partial charge on any atom is -0.368 e. The van der Waals surface area contributed by atoms with Gasteiger partial charge >= 0.3 is 0 Å². The van der Waals surface area contributed by atoms with E-state index in [9.17, 15) is 4.79 Å². The molecule has 3 aromatic carbocycles. The van der Waals surface area contributed by atoms with Gasteiger partial charge in [-0.3, -0.25) is 4.79 Å². The number of halogens is 1. The Morgan fingerprint density at radius 3 is 2.10 bits per heavy atom. The molecule has 0 N–H and O–H groups in total. The van der Waals surface area contributed by atoms with Crippen molar-refractivity contribution < 1.29 is 4.79 Å². The lowest BCUT2D eigenvalue weighted by atomic mass is 9.88. The van der Waals surface area contributed by atoms with E-state index in [1.54, 1.807) is 0 Å². The van der Waals surface area contributed by atoms with Crippen LogP contribution in [0, 0.1) is 6.92 Å². The van der Waals surface area contributed by atoms with E-state index in [4.69, 9.17) is 11.6 Å². The van der Waals surface area contributed by atoms with Crippen molar-refractivity contribution in [3.63, 3.8) is 0 Å². The normalized spacial score (nSPS) is 15.1. The summed E-state index contributed by atoms with van der Waals surface area (Å²) in [5.41, 5.74) is 4.83. The Hall–Kier alpha value is -2.78. The number of hydrogen-bond donors (Lipinski definition) is 0. The van der Waals surface area contributed by atoms with Gasteiger partial charge in [-0.25, -0.2) is 0 Å². The summed E-state index contributed by atoms with van der Waals surface area (Å²) in [5, 5.41) is 0.712. The van der Waals surface area contributed by atoms with Gasteiger partial charge in [-0.05, 0) is 41.8 Å². The van der Waals surface area contributed by atoms with E-state index < -0.39 is 0 Å². The van der Waals surface area contributed by atoms with Gasteiger partial charge in [0.25, 0.3) is 0 Å². The number of para-hydroxylation sites is 1. The van der Waals surface area contributed by atoms with Gasteiger partial charge in [-0.2, -0.15) is 0 Å². The van der Waals surface area contributed by atoms with Crippen LogP contribution in [0.25, 0.3) is 0 Å². The molecule has 1 atom stereocenters. The minimum absolute atomic E-state index is 0.0327. The number of piperazine rings is 1. The highest BCUT2D eigenvalue weighted by Gasteiger charge is 2.25. The van der Waals surface area contributed by atoms with E-state index in [0.717, 1.165) is 37.3 Å². The first-order valence-electron chi connectivity index (χ1n) is 10.5. The molecule has 1 heterocycles. The molecule has 4 rings (SSSR count). The van der Waals surface area contributed by atoms with Crippen LogP contribution in [0.4, 0.5) is 5.69 Å². The first-order chi connectivity index (χ1) is 14.6. The highest BCUT2D eigenvalue weighted by molar-refractivity contribution is 6.30. The van der Waals surface area contributed by atoms with Gasteiger partial charge in [0.05, 0.1) is 0 Å². The highest BCUT2D eigenvalue weighted by atomic mass is 35.5. The standard InChI is InChI=1S/C26H27ClN2O/c1-20-7-5-6-10-25(20)28-15-17-29(18-16-28)26(30)19-24(21-8-3-2-4-9-21)22-11-13-23(27)14-12-22/h2-14,24H,15-19H2,1H3. The van der Waals surface area contributed by atoms with Crippen molar-refractivity contribution in [1.29, 1.82) is 0 Å². The minimum atomic E-state index is 0.0327. The number of aryl methyl sites for hydroxylation is 1. The summed E-state index contributed by atoms with van der Waals surface area (Å²) in [6, 6.07) is 26.6. The van der Waals surface area contributed by atoms with E-state index >= 15 is 0 Å². The molecule has 30 heavy (non-hydrogen) atoms. The molecule has 154 valence electrons. The van der Waals surface area contributed by atoms with Crippen LogP contribution in [0.1, 0.15) is 29.0 Å². The largest absolute Gasteiger partial charge is 0.368 e. The summed E-state index contributed by atoms with van der Waals surface area (Å²) in [6.45, 7) is 5.40. The fourth-order valence-electron chi connectivity index (χ4n) is 4.23. The van der Waals surface area contributed by atoms with Crippen molar-refractivity contribution in [2.45, 2.75) is 19.3 Å². The molecule has 0 spiro atoms. The molecule has 1 aliphatic heterocycles. The van der Waals surface area contributed by atoms with E-state index in [-0.39, 0.29) is 11.8 Å². The van der Waals surface area contributed by atoms with Crippen molar-refractivity contribution in [3.05, 3.63) is 101 Å². The highest BCUT2D eigenvalue weighted by Crippen LogP contribution is 2.30. The summed E-state index contributed by atoms with van der Waals surface area (Å²) < 4.78 is 0. The Bertz CT molecular complexity index is 979.